The molecule has 17 heavy (non-hydrogen) atoms. The van der Waals surface area contributed by atoms with E-state index in [1.54, 1.807) is 6.92 Å². The quantitative estimate of drug-likeness (QED) is 0.573. The molecule has 0 spiro atoms. The van der Waals surface area contributed by atoms with Gasteiger partial charge in [-0.3, -0.25) is 0 Å². The third kappa shape index (κ3) is 4.21. The van der Waals surface area contributed by atoms with Crippen molar-refractivity contribution in [3.63, 3.8) is 0 Å². The molecule has 1 rings (SSSR count). The van der Waals surface area contributed by atoms with Crippen molar-refractivity contribution in [2.24, 2.45) is 0 Å². The lowest BCUT2D eigenvalue weighted by molar-refractivity contribution is -0.100. The van der Waals surface area contributed by atoms with Gasteiger partial charge in [-0.25, -0.2) is 0 Å². The molecule has 0 aromatic heterocycles. The number of alkyl halides is 1. The van der Waals surface area contributed by atoms with Crippen LogP contribution in [0.25, 0.3) is 0 Å². The first-order valence-corrected chi connectivity index (χ1v) is 6.36. The Bertz CT molecular complexity index is 372. The van der Waals surface area contributed by atoms with E-state index < -0.39 is 5.25 Å². The summed E-state index contributed by atoms with van der Waals surface area (Å²) in [5.74, 6) is 1.19. The Morgan fingerprint density at radius 1 is 1.35 bits per heavy atom. The second-order valence-electron chi connectivity index (χ2n) is 4.57. The average Bonchev–Trinajstić information content (AvgIpc) is 2.15. The van der Waals surface area contributed by atoms with E-state index in [1.165, 1.54) is 0 Å². The fraction of sp³-hybridized carbons (Fsp3) is 0.571. The molecule has 1 atom stereocenters. The molecule has 0 radical (unpaired) electrons. The number of ether oxygens (including phenoxy) is 2. The summed E-state index contributed by atoms with van der Waals surface area (Å²) in [4.78, 5) is 0. The molecule has 0 aliphatic rings. The molecule has 96 valence electrons. The zero-order valence-electron chi connectivity index (χ0n) is 11.2. The van der Waals surface area contributed by atoms with E-state index in [0.29, 0.717) is 12.5 Å². The molecule has 1 aromatic rings. The molecular formula is C14H21ClO2. The van der Waals surface area contributed by atoms with Gasteiger partial charge in [-0.05, 0) is 48.6 Å². The highest BCUT2D eigenvalue weighted by Gasteiger charge is 2.24. The Labute approximate surface area is 109 Å². The van der Waals surface area contributed by atoms with E-state index in [-0.39, 0.29) is 0 Å². The van der Waals surface area contributed by atoms with Crippen LogP contribution in [-0.2, 0) is 4.74 Å². The smallest absolute Gasteiger partial charge is 0.287 e. The van der Waals surface area contributed by atoms with Crippen LogP contribution >= 0.6 is 11.6 Å². The lowest BCUT2D eigenvalue weighted by Crippen LogP contribution is -2.29. The van der Waals surface area contributed by atoms with Crippen molar-refractivity contribution in [1.29, 1.82) is 0 Å². The van der Waals surface area contributed by atoms with Crippen LogP contribution < -0.4 is 4.74 Å². The SMILES string of the molecule is CCOC(C)(Cl)Oc1cc(C)ccc1C(C)C. The first-order valence-electron chi connectivity index (χ1n) is 5.98. The summed E-state index contributed by atoms with van der Waals surface area (Å²) in [7, 11) is 0. The van der Waals surface area contributed by atoms with Gasteiger partial charge in [0.15, 0.2) is 0 Å². The predicted octanol–water partition coefficient (Wildman–Crippen LogP) is 4.45. The zero-order valence-corrected chi connectivity index (χ0v) is 12.0. The molecule has 0 bridgehead atoms. The van der Waals surface area contributed by atoms with Gasteiger partial charge in [-0.1, -0.05) is 26.0 Å². The predicted molar refractivity (Wildman–Crippen MR) is 71.8 cm³/mol. The maximum Gasteiger partial charge on any atom is 0.287 e. The molecule has 0 saturated carbocycles. The second-order valence-corrected chi connectivity index (χ2v) is 5.25. The van der Waals surface area contributed by atoms with Crippen LogP contribution in [-0.4, -0.2) is 11.9 Å². The normalized spacial score (nSPS) is 14.8. The molecule has 1 unspecified atom stereocenters. The van der Waals surface area contributed by atoms with Gasteiger partial charge in [0.2, 0.25) is 0 Å². The first kappa shape index (κ1) is 14.3. The molecule has 0 N–H and O–H groups in total. The number of rotatable bonds is 5. The Morgan fingerprint density at radius 3 is 2.53 bits per heavy atom. The van der Waals surface area contributed by atoms with Crippen LogP contribution in [0.2, 0.25) is 0 Å². The Kier molecular flexibility index (Phi) is 4.84. The number of hydrogen-bond acceptors (Lipinski definition) is 2. The lowest BCUT2D eigenvalue weighted by atomic mass is 10.0. The summed E-state index contributed by atoms with van der Waals surface area (Å²) in [6.07, 6.45) is 0. The van der Waals surface area contributed by atoms with Crippen LogP contribution in [0.5, 0.6) is 5.75 Å². The summed E-state index contributed by atoms with van der Waals surface area (Å²) in [6.45, 7) is 10.4. The minimum Gasteiger partial charge on any atom is -0.448 e. The fourth-order valence-electron chi connectivity index (χ4n) is 1.69. The average molecular weight is 257 g/mol. The molecule has 0 aliphatic heterocycles. The molecule has 0 amide bonds. The minimum absolute atomic E-state index is 0.389. The fourth-order valence-corrected chi connectivity index (χ4v) is 1.88. The van der Waals surface area contributed by atoms with E-state index in [0.717, 1.165) is 16.9 Å². The van der Waals surface area contributed by atoms with Crippen LogP contribution in [0.1, 0.15) is 44.7 Å². The maximum atomic E-state index is 6.16. The second kappa shape index (κ2) is 5.74. The molecule has 0 fully saturated rings. The highest BCUT2D eigenvalue weighted by atomic mass is 35.5. The van der Waals surface area contributed by atoms with Gasteiger partial charge in [0.1, 0.15) is 5.75 Å². The van der Waals surface area contributed by atoms with Crippen molar-refractivity contribution < 1.29 is 9.47 Å². The van der Waals surface area contributed by atoms with Gasteiger partial charge < -0.3 is 9.47 Å². The largest absolute Gasteiger partial charge is 0.448 e. The van der Waals surface area contributed by atoms with Gasteiger partial charge in [-0.2, -0.15) is 0 Å². The Balaban J connectivity index is 2.99. The summed E-state index contributed by atoms with van der Waals surface area (Å²) in [5.41, 5.74) is 2.29. The lowest BCUT2D eigenvalue weighted by Gasteiger charge is -2.25. The molecule has 0 saturated heterocycles. The van der Waals surface area contributed by atoms with Crippen molar-refractivity contribution in [2.75, 3.05) is 6.61 Å². The highest BCUT2D eigenvalue weighted by molar-refractivity contribution is 6.21. The van der Waals surface area contributed by atoms with Crippen LogP contribution in [0.15, 0.2) is 18.2 Å². The van der Waals surface area contributed by atoms with E-state index in [1.807, 2.05) is 19.9 Å². The molecule has 0 heterocycles. The van der Waals surface area contributed by atoms with Crippen molar-refractivity contribution in [3.8, 4) is 5.75 Å². The van der Waals surface area contributed by atoms with E-state index in [4.69, 9.17) is 21.1 Å². The molecule has 2 nitrogen and oxygen atoms in total. The third-order valence-electron chi connectivity index (χ3n) is 2.49. The van der Waals surface area contributed by atoms with E-state index in [2.05, 4.69) is 26.0 Å². The van der Waals surface area contributed by atoms with Crippen LogP contribution in [0, 0.1) is 6.92 Å². The van der Waals surface area contributed by atoms with Gasteiger partial charge in [0.05, 0.1) is 0 Å². The summed E-state index contributed by atoms with van der Waals surface area (Å²) < 4.78 is 11.1. The molecule has 0 aliphatic carbocycles. The van der Waals surface area contributed by atoms with Crippen molar-refractivity contribution in [1.82, 2.24) is 0 Å². The summed E-state index contributed by atoms with van der Waals surface area (Å²) in [6, 6.07) is 6.15. The van der Waals surface area contributed by atoms with Gasteiger partial charge >= 0.3 is 0 Å². The molecule has 3 heteroatoms. The van der Waals surface area contributed by atoms with Gasteiger partial charge in [0, 0.05) is 13.5 Å². The first-order chi connectivity index (χ1) is 7.85. The van der Waals surface area contributed by atoms with E-state index in [9.17, 15) is 0 Å². The molecule has 1 aromatic carbocycles. The monoisotopic (exact) mass is 256 g/mol. The van der Waals surface area contributed by atoms with Crippen molar-refractivity contribution >= 4 is 11.6 Å². The third-order valence-corrected chi connectivity index (χ3v) is 2.67. The van der Waals surface area contributed by atoms with Crippen molar-refractivity contribution in [3.05, 3.63) is 29.3 Å². The van der Waals surface area contributed by atoms with Crippen LogP contribution in [0.3, 0.4) is 0 Å². The number of benzene rings is 1. The van der Waals surface area contributed by atoms with E-state index >= 15 is 0 Å². The van der Waals surface area contributed by atoms with Crippen molar-refractivity contribution in [2.45, 2.75) is 45.8 Å². The number of halogens is 1. The summed E-state index contributed by atoms with van der Waals surface area (Å²) in [5, 5.41) is -1.10. The number of hydrogen-bond donors (Lipinski definition) is 0. The van der Waals surface area contributed by atoms with Gasteiger partial charge in [-0.15, -0.1) is 0 Å². The Morgan fingerprint density at radius 2 is 2.00 bits per heavy atom. The Hall–Kier alpha value is -0.730. The molecular weight excluding hydrogens is 236 g/mol. The van der Waals surface area contributed by atoms with Gasteiger partial charge in [0.25, 0.3) is 5.25 Å². The van der Waals surface area contributed by atoms with Crippen LogP contribution in [0.4, 0.5) is 0 Å². The number of aryl methyl sites for hydroxylation is 1. The zero-order chi connectivity index (χ0) is 13.1. The highest BCUT2D eigenvalue weighted by Crippen LogP contribution is 2.32. The maximum absolute atomic E-state index is 6.16. The minimum atomic E-state index is -1.10. The summed E-state index contributed by atoms with van der Waals surface area (Å²) >= 11 is 6.16. The standard InChI is InChI=1S/C14H21ClO2/c1-6-16-14(5,15)17-13-9-11(4)7-8-12(13)10(2)3/h7-10H,6H2,1-5H3. The topological polar surface area (TPSA) is 18.5 Å².